The highest BCUT2D eigenvalue weighted by Crippen LogP contribution is 2.13. The summed E-state index contributed by atoms with van der Waals surface area (Å²) < 4.78 is 0. The Bertz CT molecular complexity index is 312. The first-order chi connectivity index (χ1) is 7.54. The third-order valence-electron chi connectivity index (χ3n) is 2.56. The summed E-state index contributed by atoms with van der Waals surface area (Å²) in [5.74, 6) is -0.0464. The second-order valence-electron chi connectivity index (χ2n) is 3.87. The second kappa shape index (κ2) is 5.65. The van der Waals surface area contributed by atoms with Crippen molar-refractivity contribution in [2.24, 2.45) is 0 Å². The van der Waals surface area contributed by atoms with Crippen molar-refractivity contribution >= 4 is 11.7 Å². The number of allylic oxidation sites excluding steroid dienone is 2. The average Bonchev–Trinajstić information content (AvgIpc) is 2.27. The number of carbonyl (C=O) groups is 2. The Kier molecular flexibility index (Phi) is 4.49. The smallest absolute Gasteiger partial charge is 0.267 e. The molecule has 16 heavy (non-hydrogen) atoms. The van der Waals surface area contributed by atoms with E-state index in [4.69, 9.17) is 4.84 Å². The van der Waals surface area contributed by atoms with Crippen LogP contribution in [0.15, 0.2) is 11.8 Å². The van der Waals surface area contributed by atoms with E-state index in [-0.39, 0.29) is 17.7 Å². The van der Waals surface area contributed by atoms with E-state index < -0.39 is 0 Å². The molecule has 90 valence electrons. The minimum atomic E-state index is -0.387. The molecule has 0 radical (unpaired) electrons. The van der Waals surface area contributed by atoms with E-state index in [1.807, 2.05) is 0 Å². The zero-order valence-corrected chi connectivity index (χ0v) is 9.95. The van der Waals surface area contributed by atoms with Crippen LogP contribution in [0.4, 0.5) is 0 Å². The Balaban J connectivity index is 2.53. The molecular weight excluding hydrogens is 208 g/mol. The lowest BCUT2D eigenvalue weighted by Crippen LogP contribution is -2.42. The first-order valence-corrected chi connectivity index (χ1v) is 5.36. The van der Waals surface area contributed by atoms with Gasteiger partial charge in [0.25, 0.3) is 5.91 Å². The van der Waals surface area contributed by atoms with E-state index in [1.54, 1.807) is 20.0 Å². The quantitative estimate of drug-likeness (QED) is 0.714. The fraction of sp³-hybridized carbons (Fsp3) is 0.636. The van der Waals surface area contributed by atoms with Crippen molar-refractivity contribution in [3.63, 3.8) is 0 Å². The third kappa shape index (κ3) is 3.34. The number of nitrogens with zero attached hydrogens (tertiary/aromatic N) is 1. The number of ketones is 1. The standard InChI is InChI=1S/C11H18N2O3/c1-8(11(15)13(2)16-3)12-9-5-4-6-10(14)7-9/h7-8,12H,4-6H2,1-3H3. The monoisotopic (exact) mass is 226 g/mol. The van der Waals surface area contributed by atoms with Crippen molar-refractivity contribution in [2.75, 3.05) is 14.2 Å². The summed E-state index contributed by atoms with van der Waals surface area (Å²) in [5, 5.41) is 4.20. The average molecular weight is 226 g/mol. The largest absolute Gasteiger partial charge is 0.377 e. The van der Waals surface area contributed by atoms with Crippen LogP contribution >= 0.6 is 0 Å². The minimum Gasteiger partial charge on any atom is -0.377 e. The predicted octanol–water partition coefficient (Wildman–Crippen LogP) is 0.621. The Morgan fingerprint density at radius 1 is 1.56 bits per heavy atom. The van der Waals surface area contributed by atoms with Crippen molar-refractivity contribution in [3.05, 3.63) is 11.8 Å². The molecule has 1 aliphatic carbocycles. The summed E-state index contributed by atoms with van der Waals surface area (Å²) in [6, 6.07) is -0.387. The van der Waals surface area contributed by atoms with Crippen LogP contribution in [0.1, 0.15) is 26.2 Å². The van der Waals surface area contributed by atoms with Crippen LogP contribution in [-0.4, -0.2) is 37.0 Å². The molecule has 0 bridgehead atoms. The van der Waals surface area contributed by atoms with Crippen LogP contribution < -0.4 is 5.32 Å². The van der Waals surface area contributed by atoms with Crippen LogP contribution in [0.25, 0.3) is 0 Å². The Hall–Kier alpha value is -1.36. The molecule has 0 aromatic carbocycles. The molecule has 0 aromatic rings. The number of hydrogen-bond donors (Lipinski definition) is 1. The summed E-state index contributed by atoms with van der Waals surface area (Å²) in [4.78, 5) is 27.6. The van der Waals surface area contributed by atoms with Crippen molar-refractivity contribution in [1.82, 2.24) is 10.4 Å². The number of nitrogens with one attached hydrogen (secondary N) is 1. The Morgan fingerprint density at radius 2 is 2.25 bits per heavy atom. The Labute approximate surface area is 95.4 Å². The lowest BCUT2D eigenvalue weighted by molar-refractivity contribution is -0.170. The molecule has 1 rings (SSSR count). The summed E-state index contributed by atoms with van der Waals surface area (Å²) in [7, 11) is 2.99. The number of likely N-dealkylation sites (N-methyl/N-ethyl adjacent to an activating group) is 1. The highest BCUT2D eigenvalue weighted by Gasteiger charge is 2.19. The number of hydrogen-bond acceptors (Lipinski definition) is 4. The number of amides is 1. The maximum absolute atomic E-state index is 11.7. The fourth-order valence-corrected chi connectivity index (χ4v) is 1.61. The molecular formula is C11H18N2O3. The molecule has 0 saturated heterocycles. The molecule has 1 atom stereocenters. The van der Waals surface area contributed by atoms with E-state index in [1.165, 1.54) is 12.2 Å². The maximum Gasteiger partial charge on any atom is 0.267 e. The number of carbonyl (C=O) groups excluding carboxylic acids is 2. The molecule has 0 heterocycles. The Morgan fingerprint density at radius 3 is 2.81 bits per heavy atom. The summed E-state index contributed by atoms with van der Waals surface area (Å²) in [5.41, 5.74) is 0.835. The molecule has 1 aliphatic rings. The highest BCUT2D eigenvalue weighted by atomic mass is 16.7. The summed E-state index contributed by atoms with van der Waals surface area (Å²) in [6.45, 7) is 1.75. The van der Waals surface area contributed by atoms with Crippen LogP contribution in [0, 0.1) is 0 Å². The van der Waals surface area contributed by atoms with E-state index >= 15 is 0 Å². The van der Waals surface area contributed by atoms with Crippen LogP contribution in [0.2, 0.25) is 0 Å². The molecule has 1 amide bonds. The van der Waals surface area contributed by atoms with Crippen molar-refractivity contribution < 1.29 is 14.4 Å². The molecule has 0 spiro atoms. The first-order valence-electron chi connectivity index (χ1n) is 5.36. The second-order valence-corrected chi connectivity index (χ2v) is 3.87. The van der Waals surface area contributed by atoms with Gasteiger partial charge in [0.2, 0.25) is 0 Å². The molecule has 0 aliphatic heterocycles. The third-order valence-corrected chi connectivity index (χ3v) is 2.56. The van der Waals surface area contributed by atoms with Gasteiger partial charge in [0, 0.05) is 25.2 Å². The van der Waals surface area contributed by atoms with Gasteiger partial charge < -0.3 is 5.32 Å². The first kappa shape index (κ1) is 12.7. The van der Waals surface area contributed by atoms with Gasteiger partial charge in [-0.2, -0.15) is 0 Å². The van der Waals surface area contributed by atoms with E-state index in [0.717, 1.165) is 18.5 Å². The van der Waals surface area contributed by atoms with Crippen molar-refractivity contribution in [3.8, 4) is 0 Å². The maximum atomic E-state index is 11.7. The lowest BCUT2D eigenvalue weighted by atomic mass is 10.0. The molecule has 1 unspecified atom stereocenters. The van der Waals surface area contributed by atoms with Gasteiger partial charge in [0.1, 0.15) is 6.04 Å². The van der Waals surface area contributed by atoms with Gasteiger partial charge in [0.05, 0.1) is 7.11 Å². The van der Waals surface area contributed by atoms with Crippen LogP contribution in [0.5, 0.6) is 0 Å². The van der Waals surface area contributed by atoms with Gasteiger partial charge in [0.15, 0.2) is 5.78 Å². The van der Waals surface area contributed by atoms with Crippen molar-refractivity contribution in [1.29, 1.82) is 0 Å². The van der Waals surface area contributed by atoms with Gasteiger partial charge in [-0.1, -0.05) is 0 Å². The normalized spacial score (nSPS) is 17.7. The lowest BCUT2D eigenvalue weighted by Gasteiger charge is -2.22. The highest BCUT2D eigenvalue weighted by molar-refractivity contribution is 5.91. The molecule has 5 nitrogen and oxygen atoms in total. The number of rotatable bonds is 4. The van der Waals surface area contributed by atoms with Gasteiger partial charge in [-0.05, 0) is 19.8 Å². The van der Waals surface area contributed by atoms with Gasteiger partial charge in [-0.3, -0.25) is 14.4 Å². The zero-order chi connectivity index (χ0) is 12.1. The fourth-order valence-electron chi connectivity index (χ4n) is 1.61. The number of hydroxylamine groups is 2. The van der Waals surface area contributed by atoms with E-state index in [0.29, 0.717) is 6.42 Å². The van der Waals surface area contributed by atoms with Crippen molar-refractivity contribution in [2.45, 2.75) is 32.2 Å². The molecule has 0 saturated carbocycles. The van der Waals surface area contributed by atoms with Gasteiger partial charge in [-0.15, -0.1) is 0 Å². The van der Waals surface area contributed by atoms with E-state index in [2.05, 4.69) is 5.32 Å². The summed E-state index contributed by atoms with van der Waals surface area (Å²) in [6.07, 6.45) is 3.85. The zero-order valence-electron chi connectivity index (χ0n) is 9.95. The van der Waals surface area contributed by atoms with Gasteiger partial charge >= 0.3 is 0 Å². The SMILES string of the molecule is CON(C)C(=O)C(C)NC1=CC(=O)CCC1. The topological polar surface area (TPSA) is 58.6 Å². The van der Waals surface area contributed by atoms with Gasteiger partial charge in [-0.25, -0.2) is 5.06 Å². The minimum absolute atomic E-state index is 0.119. The molecule has 0 fully saturated rings. The summed E-state index contributed by atoms with van der Waals surface area (Å²) >= 11 is 0. The molecule has 1 N–H and O–H groups in total. The van der Waals surface area contributed by atoms with E-state index in [9.17, 15) is 9.59 Å². The molecule has 5 heteroatoms. The predicted molar refractivity (Wildman–Crippen MR) is 59.3 cm³/mol. The van der Waals surface area contributed by atoms with Crippen LogP contribution in [0.3, 0.4) is 0 Å². The van der Waals surface area contributed by atoms with Crippen LogP contribution in [-0.2, 0) is 14.4 Å². The molecule has 0 aromatic heterocycles.